The average molecular weight is 327 g/mol. The van der Waals surface area contributed by atoms with Crippen LogP contribution < -0.4 is 0 Å². The van der Waals surface area contributed by atoms with E-state index in [1.54, 1.807) is 12.3 Å². The molecule has 1 N–H and O–H groups in total. The Kier molecular flexibility index (Phi) is 4.23. The van der Waals surface area contributed by atoms with E-state index in [1.807, 2.05) is 0 Å². The maximum Gasteiger partial charge on any atom is 0.271 e. The van der Waals surface area contributed by atoms with Crippen molar-refractivity contribution in [2.75, 3.05) is 6.61 Å². The number of nitro benzene ring substituents is 1. The first-order valence-electron chi connectivity index (χ1n) is 5.58. The van der Waals surface area contributed by atoms with Crippen molar-refractivity contribution < 1.29 is 10.0 Å². The zero-order valence-corrected chi connectivity index (χ0v) is 11.4. The fourth-order valence-electron chi connectivity index (χ4n) is 1.58. The largest absolute Gasteiger partial charge is 0.396 e. The quantitative estimate of drug-likeness (QED) is 0.668. The van der Waals surface area contributed by atoms with E-state index in [2.05, 4.69) is 26.2 Å². The summed E-state index contributed by atoms with van der Waals surface area (Å²) in [5.41, 5.74) is 1.27. The first-order chi connectivity index (χ1) is 9.11. The molecular weight excluding hydrogens is 316 g/mol. The zero-order chi connectivity index (χ0) is 13.8. The van der Waals surface area contributed by atoms with Crippen LogP contribution in [0, 0.1) is 10.1 Å². The molecule has 0 saturated heterocycles. The lowest BCUT2D eigenvalue weighted by atomic mass is 10.2. The highest BCUT2D eigenvalue weighted by Crippen LogP contribution is 2.25. The molecule has 2 aromatic rings. The first kappa shape index (κ1) is 13.6. The van der Waals surface area contributed by atoms with Crippen molar-refractivity contribution in [3.05, 3.63) is 44.7 Å². The highest BCUT2D eigenvalue weighted by molar-refractivity contribution is 9.10. The molecule has 0 amide bonds. The molecule has 2 rings (SSSR count). The second-order valence-corrected chi connectivity index (χ2v) is 4.73. The number of nitrogens with zero attached hydrogens (tertiary/aromatic N) is 4. The maximum absolute atomic E-state index is 10.8. The minimum atomic E-state index is -0.459. The molecule has 0 bridgehead atoms. The Labute approximate surface area is 117 Å². The third-order valence-corrected chi connectivity index (χ3v) is 3.19. The van der Waals surface area contributed by atoms with Gasteiger partial charge in [-0.1, -0.05) is 5.21 Å². The molecule has 0 unspecified atom stereocenters. The van der Waals surface area contributed by atoms with E-state index in [9.17, 15) is 10.1 Å². The summed E-state index contributed by atoms with van der Waals surface area (Å²) in [6, 6.07) is 4.44. The van der Waals surface area contributed by atoms with Gasteiger partial charge in [-0.05, 0) is 34.8 Å². The van der Waals surface area contributed by atoms with Crippen molar-refractivity contribution in [1.82, 2.24) is 15.0 Å². The van der Waals surface area contributed by atoms with Gasteiger partial charge in [0.25, 0.3) is 5.69 Å². The fourth-order valence-corrected chi connectivity index (χ4v) is 2.01. The number of aliphatic hydroxyl groups excluding tert-OH is 1. The summed E-state index contributed by atoms with van der Waals surface area (Å²) in [6.07, 6.45) is 2.91. The Bertz CT molecular complexity index is 599. The molecule has 0 fully saturated rings. The van der Waals surface area contributed by atoms with E-state index < -0.39 is 4.92 Å². The van der Waals surface area contributed by atoms with Gasteiger partial charge in [0.2, 0.25) is 0 Å². The van der Waals surface area contributed by atoms with Crippen LogP contribution in [0.1, 0.15) is 12.1 Å². The summed E-state index contributed by atoms with van der Waals surface area (Å²) in [5.74, 6) is 0. The number of hydrogen-bond acceptors (Lipinski definition) is 5. The number of benzene rings is 1. The van der Waals surface area contributed by atoms with Crippen molar-refractivity contribution >= 4 is 21.6 Å². The highest BCUT2D eigenvalue weighted by atomic mass is 79.9. The Morgan fingerprint density at radius 3 is 2.95 bits per heavy atom. The molecule has 1 aromatic carbocycles. The Balaban J connectivity index is 2.32. The predicted octanol–water partition coefficient (Wildman–Crippen LogP) is 1.86. The highest BCUT2D eigenvalue weighted by Gasteiger charge is 2.12. The third kappa shape index (κ3) is 3.15. The minimum Gasteiger partial charge on any atom is -0.396 e. The van der Waals surface area contributed by atoms with Gasteiger partial charge in [-0.3, -0.25) is 10.1 Å². The van der Waals surface area contributed by atoms with Gasteiger partial charge < -0.3 is 5.11 Å². The minimum absolute atomic E-state index is 0.00870. The lowest BCUT2D eigenvalue weighted by Gasteiger charge is -2.02. The molecule has 7 nitrogen and oxygen atoms in total. The molecule has 0 aliphatic carbocycles. The van der Waals surface area contributed by atoms with Crippen LogP contribution >= 0.6 is 15.9 Å². The Hall–Kier alpha value is -1.80. The number of aromatic nitrogens is 3. The number of aryl methyl sites for hydroxylation is 1. The van der Waals surface area contributed by atoms with E-state index in [1.165, 1.54) is 16.8 Å². The van der Waals surface area contributed by atoms with Crippen LogP contribution in [0.25, 0.3) is 5.69 Å². The summed E-state index contributed by atoms with van der Waals surface area (Å²) in [6.45, 7) is 0.0906. The van der Waals surface area contributed by atoms with Gasteiger partial charge in [-0.15, -0.1) is 5.10 Å². The average Bonchev–Trinajstić information content (AvgIpc) is 2.85. The number of aliphatic hydroxyl groups is 1. The molecule has 0 aliphatic heterocycles. The first-order valence-corrected chi connectivity index (χ1v) is 6.37. The topological polar surface area (TPSA) is 94.1 Å². The van der Waals surface area contributed by atoms with Crippen molar-refractivity contribution in [2.24, 2.45) is 0 Å². The van der Waals surface area contributed by atoms with Gasteiger partial charge in [0.05, 0.1) is 22.5 Å². The zero-order valence-electron chi connectivity index (χ0n) is 9.86. The SMILES string of the molecule is O=[N+]([O-])c1ccc(Br)c(-n2cc(CCCO)nn2)c1. The normalized spacial score (nSPS) is 10.6. The van der Waals surface area contributed by atoms with Crippen molar-refractivity contribution in [3.63, 3.8) is 0 Å². The van der Waals surface area contributed by atoms with Gasteiger partial charge in [-0.25, -0.2) is 4.68 Å². The summed E-state index contributed by atoms with van der Waals surface area (Å²) >= 11 is 3.33. The van der Waals surface area contributed by atoms with Crippen LogP contribution in [-0.4, -0.2) is 31.6 Å². The van der Waals surface area contributed by atoms with E-state index in [4.69, 9.17) is 5.11 Å². The molecule has 0 saturated carbocycles. The summed E-state index contributed by atoms with van der Waals surface area (Å²) < 4.78 is 2.17. The molecule has 100 valence electrons. The lowest BCUT2D eigenvalue weighted by Crippen LogP contribution is -1.98. The predicted molar refractivity (Wildman–Crippen MR) is 71.1 cm³/mol. The number of non-ortho nitro benzene ring substituents is 1. The molecule has 19 heavy (non-hydrogen) atoms. The molecule has 0 spiro atoms. The molecule has 1 heterocycles. The Morgan fingerprint density at radius 1 is 1.47 bits per heavy atom. The molecule has 8 heteroatoms. The van der Waals surface area contributed by atoms with E-state index in [-0.39, 0.29) is 12.3 Å². The standard InChI is InChI=1S/C11H11BrN4O3/c12-10-4-3-9(16(18)19)6-11(10)15-7-8(13-14-15)2-1-5-17/h3-4,6-7,17H,1-2,5H2. The van der Waals surface area contributed by atoms with Crippen molar-refractivity contribution in [2.45, 2.75) is 12.8 Å². The van der Waals surface area contributed by atoms with Crippen molar-refractivity contribution in [1.29, 1.82) is 0 Å². The molecule has 1 aromatic heterocycles. The van der Waals surface area contributed by atoms with E-state index in [0.717, 1.165) is 5.69 Å². The number of nitro groups is 1. The molecule has 0 radical (unpaired) electrons. The number of rotatable bonds is 5. The summed E-state index contributed by atoms with van der Waals surface area (Å²) in [7, 11) is 0. The van der Waals surface area contributed by atoms with Gasteiger partial charge in [-0.2, -0.15) is 0 Å². The van der Waals surface area contributed by atoms with E-state index >= 15 is 0 Å². The third-order valence-electron chi connectivity index (χ3n) is 2.52. The second kappa shape index (κ2) is 5.89. The Morgan fingerprint density at radius 2 is 2.26 bits per heavy atom. The molecule has 0 aliphatic rings. The van der Waals surface area contributed by atoms with Crippen LogP contribution in [0.2, 0.25) is 0 Å². The molecule has 0 atom stereocenters. The lowest BCUT2D eigenvalue weighted by molar-refractivity contribution is -0.384. The van der Waals surface area contributed by atoms with E-state index in [0.29, 0.717) is 23.0 Å². The molecular formula is C11H11BrN4O3. The maximum atomic E-state index is 10.8. The number of halogens is 1. The van der Waals surface area contributed by atoms with Crippen LogP contribution in [0.3, 0.4) is 0 Å². The second-order valence-electron chi connectivity index (χ2n) is 3.87. The van der Waals surface area contributed by atoms with Gasteiger partial charge >= 0.3 is 0 Å². The van der Waals surface area contributed by atoms with Gasteiger partial charge in [0.1, 0.15) is 0 Å². The van der Waals surface area contributed by atoms with Crippen LogP contribution in [0.15, 0.2) is 28.9 Å². The summed E-state index contributed by atoms with van der Waals surface area (Å²) in [4.78, 5) is 10.3. The number of hydrogen-bond donors (Lipinski definition) is 1. The van der Waals surface area contributed by atoms with Crippen LogP contribution in [-0.2, 0) is 6.42 Å². The smallest absolute Gasteiger partial charge is 0.271 e. The monoisotopic (exact) mass is 326 g/mol. The van der Waals surface area contributed by atoms with Crippen molar-refractivity contribution in [3.8, 4) is 5.69 Å². The van der Waals surface area contributed by atoms with Gasteiger partial charge in [0, 0.05) is 23.2 Å². The van der Waals surface area contributed by atoms with Gasteiger partial charge in [0.15, 0.2) is 0 Å². The summed E-state index contributed by atoms with van der Waals surface area (Å²) in [5, 5.41) is 27.4. The van der Waals surface area contributed by atoms with Crippen LogP contribution in [0.4, 0.5) is 5.69 Å². The fraction of sp³-hybridized carbons (Fsp3) is 0.273. The van der Waals surface area contributed by atoms with Crippen LogP contribution in [0.5, 0.6) is 0 Å².